The molecule has 134 valence electrons. The molecule has 1 unspecified atom stereocenters. The highest BCUT2D eigenvalue weighted by Gasteiger charge is 2.22. The highest BCUT2D eigenvalue weighted by Crippen LogP contribution is 2.21. The zero-order valence-corrected chi connectivity index (χ0v) is 15.0. The van der Waals surface area contributed by atoms with Crippen molar-refractivity contribution >= 4 is 17.5 Å². The number of hydrogen-bond acceptors (Lipinski definition) is 4. The molecule has 1 amide bonds. The monoisotopic (exact) mass is 356 g/mol. The molecular formula is C17H26ClFN4O. The third-order valence-corrected chi connectivity index (χ3v) is 4.33. The van der Waals surface area contributed by atoms with E-state index in [1.807, 2.05) is 14.1 Å². The molecule has 7 heteroatoms. The van der Waals surface area contributed by atoms with Gasteiger partial charge in [-0.2, -0.15) is 0 Å². The second-order valence-electron chi connectivity index (χ2n) is 6.40. The van der Waals surface area contributed by atoms with Crippen LogP contribution in [0.4, 0.5) is 4.39 Å². The summed E-state index contributed by atoms with van der Waals surface area (Å²) >= 11 is 5.99. The van der Waals surface area contributed by atoms with Crippen LogP contribution in [0.15, 0.2) is 12.1 Å². The summed E-state index contributed by atoms with van der Waals surface area (Å²) < 4.78 is 14.2. The van der Waals surface area contributed by atoms with Gasteiger partial charge in [-0.25, -0.2) is 4.39 Å². The average Bonchev–Trinajstić information content (AvgIpc) is 3.07. The Kier molecular flexibility index (Phi) is 7.42. The van der Waals surface area contributed by atoms with E-state index < -0.39 is 5.82 Å². The van der Waals surface area contributed by atoms with Crippen LogP contribution in [0.2, 0.25) is 5.02 Å². The summed E-state index contributed by atoms with van der Waals surface area (Å²) in [7, 11) is 4.02. The molecule has 0 aliphatic carbocycles. The molecule has 5 nitrogen and oxygen atoms in total. The van der Waals surface area contributed by atoms with Crippen molar-refractivity contribution < 1.29 is 9.18 Å². The first-order valence-corrected chi connectivity index (χ1v) is 8.68. The number of amides is 1. The van der Waals surface area contributed by atoms with Gasteiger partial charge in [-0.05, 0) is 51.2 Å². The SMILES string of the molecule is CN(C)CCNCc1cc(Cl)c(F)c(CNC(=O)C2CCCN2)c1. The standard InChI is InChI=1S/C17H26ClFN4O/c1-23(2)7-6-20-10-12-8-13(16(19)14(18)9-12)11-22-17(24)15-4-3-5-21-15/h8-9,15,20-21H,3-7,10-11H2,1-2H3,(H,22,24). The van der Waals surface area contributed by atoms with Crippen molar-refractivity contribution in [3.8, 4) is 0 Å². The minimum atomic E-state index is -0.464. The predicted octanol–water partition coefficient (Wildman–Crippen LogP) is 1.50. The van der Waals surface area contributed by atoms with E-state index in [0.717, 1.165) is 38.0 Å². The number of benzene rings is 1. The van der Waals surface area contributed by atoms with E-state index in [0.29, 0.717) is 12.1 Å². The van der Waals surface area contributed by atoms with Gasteiger partial charge < -0.3 is 20.9 Å². The maximum absolute atomic E-state index is 14.2. The molecule has 0 spiro atoms. The molecule has 1 aromatic rings. The molecule has 1 heterocycles. The van der Waals surface area contributed by atoms with Crippen LogP contribution in [-0.4, -0.2) is 50.6 Å². The van der Waals surface area contributed by atoms with Crippen LogP contribution in [-0.2, 0) is 17.9 Å². The number of hydrogen-bond donors (Lipinski definition) is 3. The Balaban J connectivity index is 1.91. The Morgan fingerprint density at radius 1 is 1.42 bits per heavy atom. The molecule has 0 saturated carbocycles. The molecule has 1 atom stereocenters. The van der Waals surface area contributed by atoms with Crippen molar-refractivity contribution in [1.82, 2.24) is 20.9 Å². The summed E-state index contributed by atoms with van der Waals surface area (Å²) in [6.45, 7) is 3.37. The van der Waals surface area contributed by atoms with Gasteiger partial charge in [-0.1, -0.05) is 11.6 Å². The number of halogens is 2. The predicted molar refractivity (Wildman–Crippen MR) is 94.5 cm³/mol. The Labute approximate surface area is 147 Å². The van der Waals surface area contributed by atoms with Crippen LogP contribution in [0.25, 0.3) is 0 Å². The number of nitrogens with zero attached hydrogens (tertiary/aromatic N) is 1. The van der Waals surface area contributed by atoms with Crippen molar-refractivity contribution in [2.75, 3.05) is 33.7 Å². The summed E-state index contributed by atoms with van der Waals surface area (Å²) in [4.78, 5) is 14.1. The van der Waals surface area contributed by atoms with Gasteiger partial charge in [0.2, 0.25) is 5.91 Å². The van der Waals surface area contributed by atoms with Crippen molar-refractivity contribution in [2.24, 2.45) is 0 Å². The van der Waals surface area contributed by atoms with E-state index in [1.165, 1.54) is 0 Å². The molecule has 1 aromatic carbocycles. The second kappa shape index (κ2) is 9.32. The Bertz CT molecular complexity index is 562. The third kappa shape index (κ3) is 5.70. The minimum Gasteiger partial charge on any atom is -0.351 e. The smallest absolute Gasteiger partial charge is 0.237 e. The lowest BCUT2D eigenvalue weighted by molar-refractivity contribution is -0.122. The summed E-state index contributed by atoms with van der Waals surface area (Å²) in [5.74, 6) is -0.550. The van der Waals surface area contributed by atoms with Crippen LogP contribution in [0, 0.1) is 5.82 Å². The van der Waals surface area contributed by atoms with Gasteiger partial charge in [0.15, 0.2) is 0 Å². The lowest BCUT2D eigenvalue weighted by atomic mass is 10.1. The molecule has 24 heavy (non-hydrogen) atoms. The zero-order chi connectivity index (χ0) is 17.5. The Morgan fingerprint density at radius 2 is 2.21 bits per heavy atom. The van der Waals surface area contributed by atoms with Crippen LogP contribution in [0.5, 0.6) is 0 Å². The van der Waals surface area contributed by atoms with E-state index in [-0.39, 0.29) is 23.5 Å². The first-order chi connectivity index (χ1) is 11.5. The Morgan fingerprint density at radius 3 is 2.88 bits per heavy atom. The fraction of sp³-hybridized carbons (Fsp3) is 0.588. The van der Waals surface area contributed by atoms with Crippen molar-refractivity contribution in [3.05, 3.63) is 34.1 Å². The number of rotatable bonds is 8. The number of nitrogens with one attached hydrogen (secondary N) is 3. The number of carbonyl (C=O) groups excluding carboxylic acids is 1. The lowest BCUT2D eigenvalue weighted by Crippen LogP contribution is -2.40. The van der Waals surface area contributed by atoms with Crippen molar-refractivity contribution in [3.63, 3.8) is 0 Å². The van der Waals surface area contributed by atoms with Gasteiger partial charge in [0, 0.05) is 31.7 Å². The Hall–Kier alpha value is -1.21. The summed E-state index contributed by atoms with van der Waals surface area (Å²) in [6, 6.07) is 3.22. The van der Waals surface area contributed by atoms with Gasteiger partial charge in [0.25, 0.3) is 0 Å². The summed E-state index contributed by atoms with van der Waals surface area (Å²) in [6.07, 6.45) is 1.82. The number of likely N-dealkylation sites (N-methyl/N-ethyl adjacent to an activating group) is 1. The maximum Gasteiger partial charge on any atom is 0.237 e. The zero-order valence-electron chi connectivity index (χ0n) is 14.3. The van der Waals surface area contributed by atoms with Crippen LogP contribution in [0.3, 0.4) is 0 Å². The first-order valence-electron chi connectivity index (χ1n) is 8.30. The molecule has 0 radical (unpaired) electrons. The van der Waals surface area contributed by atoms with E-state index in [9.17, 15) is 9.18 Å². The molecular weight excluding hydrogens is 331 g/mol. The molecule has 2 rings (SSSR count). The highest BCUT2D eigenvalue weighted by atomic mass is 35.5. The molecule has 0 bridgehead atoms. The quantitative estimate of drug-likeness (QED) is 0.618. The second-order valence-corrected chi connectivity index (χ2v) is 6.80. The molecule has 1 fully saturated rings. The molecule has 1 aliphatic heterocycles. The van der Waals surface area contributed by atoms with E-state index in [2.05, 4.69) is 20.9 Å². The number of carbonyl (C=O) groups is 1. The van der Waals surface area contributed by atoms with E-state index in [4.69, 9.17) is 11.6 Å². The largest absolute Gasteiger partial charge is 0.351 e. The van der Waals surface area contributed by atoms with E-state index in [1.54, 1.807) is 12.1 Å². The van der Waals surface area contributed by atoms with Crippen LogP contribution in [0.1, 0.15) is 24.0 Å². The van der Waals surface area contributed by atoms with Crippen molar-refractivity contribution in [2.45, 2.75) is 32.0 Å². The van der Waals surface area contributed by atoms with Crippen LogP contribution >= 0.6 is 11.6 Å². The van der Waals surface area contributed by atoms with E-state index >= 15 is 0 Å². The van der Waals surface area contributed by atoms with Crippen LogP contribution < -0.4 is 16.0 Å². The van der Waals surface area contributed by atoms with Gasteiger partial charge in [-0.15, -0.1) is 0 Å². The molecule has 0 aromatic heterocycles. The molecule has 1 saturated heterocycles. The van der Waals surface area contributed by atoms with Gasteiger partial charge >= 0.3 is 0 Å². The lowest BCUT2D eigenvalue weighted by Gasteiger charge is -2.14. The van der Waals surface area contributed by atoms with Gasteiger partial charge in [0.05, 0.1) is 11.1 Å². The summed E-state index contributed by atoms with van der Waals surface area (Å²) in [5.41, 5.74) is 1.32. The highest BCUT2D eigenvalue weighted by molar-refractivity contribution is 6.30. The first kappa shape index (κ1) is 19.1. The summed E-state index contributed by atoms with van der Waals surface area (Å²) in [5, 5.41) is 9.30. The van der Waals surface area contributed by atoms with Gasteiger partial charge in [-0.3, -0.25) is 4.79 Å². The normalized spacial score (nSPS) is 17.5. The molecule has 3 N–H and O–H groups in total. The van der Waals surface area contributed by atoms with Crippen molar-refractivity contribution in [1.29, 1.82) is 0 Å². The topological polar surface area (TPSA) is 56.4 Å². The fourth-order valence-corrected chi connectivity index (χ4v) is 2.95. The maximum atomic E-state index is 14.2. The van der Waals surface area contributed by atoms with Gasteiger partial charge in [0.1, 0.15) is 5.82 Å². The minimum absolute atomic E-state index is 0.0856. The average molecular weight is 357 g/mol. The third-order valence-electron chi connectivity index (χ3n) is 4.06. The molecule has 1 aliphatic rings. The fourth-order valence-electron chi connectivity index (χ4n) is 2.69.